The molecule has 6 nitrogen and oxygen atoms in total. The van der Waals surface area contributed by atoms with Crippen LogP contribution in [0.2, 0.25) is 0 Å². The van der Waals surface area contributed by atoms with Crippen molar-refractivity contribution in [1.82, 2.24) is 0 Å². The number of ether oxygens (including phenoxy) is 3. The molecule has 1 unspecified atom stereocenters. The first-order valence-electron chi connectivity index (χ1n) is 34.0. The molecule has 0 spiro atoms. The number of carbonyl (C=O) groups excluding carboxylic acids is 3. The number of allylic oxidation sites excluding steroid dienone is 26. The average Bonchev–Trinajstić information content (AvgIpc) is 3.49. The molecule has 0 saturated carbocycles. The molecule has 0 aliphatic rings. The topological polar surface area (TPSA) is 78.9 Å². The van der Waals surface area contributed by atoms with Gasteiger partial charge in [0.1, 0.15) is 13.2 Å². The van der Waals surface area contributed by atoms with E-state index in [-0.39, 0.29) is 31.1 Å². The molecule has 83 heavy (non-hydrogen) atoms. The molecule has 0 rings (SSSR count). The minimum Gasteiger partial charge on any atom is -0.462 e. The number of carbonyl (C=O) groups is 3. The zero-order valence-corrected chi connectivity index (χ0v) is 53.7. The molecule has 6 heteroatoms. The minimum absolute atomic E-state index is 0.0962. The van der Waals surface area contributed by atoms with Crippen molar-refractivity contribution in [3.63, 3.8) is 0 Å². The average molecular weight is 1150 g/mol. The van der Waals surface area contributed by atoms with Crippen LogP contribution in [0.3, 0.4) is 0 Å². The lowest BCUT2D eigenvalue weighted by Crippen LogP contribution is -2.30. The van der Waals surface area contributed by atoms with E-state index >= 15 is 0 Å². The van der Waals surface area contributed by atoms with Crippen LogP contribution in [0, 0.1) is 0 Å². The first-order chi connectivity index (χ1) is 41.0. The van der Waals surface area contributed by atoms with Crippen LogP contribution in [0.25, 0.3) is 0 Å². The number of unbranched alkanes of at least 4 members (excludes halogenated alkanes) is 23. The predicted molar refractivity (Wildman–Crippen MR) is 362 cm³/mol. The van der Waals surface area contributed by atoms with Crippen LogP contribution in [0.5, 0.6) is 0 Å². The largest absolute Gasteiger partial charge is 0.462 e. The van der Waals surface area contributed by atoms with Crippen molar-refractivity contribution in [3.8, 4) is 0 Å². The van der Waals surface area contributed by atoms with Gasteiger partial charge in [-0.1, -0.05) is 288 Å². The molecule has 0 aliphatic heterocycles. The van der Waals surface area contributed by atoms with E-state index in [0.29, 0.717) is 19.3 Å². The SMILES string of the molecule is CC/C=C\C/C=C\C/C=C\C/C=C\C/C=C\C/C=C\C/C=C\CCCCCCCCCCCCCCCC(=O)OCC(COC(=O)CCCCC/C=C\C/C=C\C/C=C\CC)OC(=O)CCCCCCCCC/C=C\C/C=C\C/C=C\CC. The number of hydrogen-bond donors (Lipinski definition) is 0. The van der Waals surface area contributed by atoms with E-state index in [1.54, 1.807) is 0 Å². The van der Waals surface area contributed by atoms with Gasteiger partial charge in [0, 0.05) is 19.3 Å². The fourth-order valence-electron chi connectivity index (χ4n) is 9.04. The lowest BCUT2D eigenvalue weighted by Gasteiger charge is -2.18. The number of hydrogen-bond acceptors (Lipinski definition) is 6. The number of esters is 3. The van der Waals surface area contributed by atoms with Gasteiger partial charge in [-0.25, -0.2) is 0 Å². The lowest BCUT2D eigenvalue weighted by molar-refractivity contribution is -0.167. The van der Waals surface area contributed by atoms with Gasteiger partial charge in [-0.3, -0.25) is 14.4 Å². The summed E-state index contributed by atoms with van der Waals surface area (Å²) in [4.78, 5) is 38.3. The summed E-state index contributed by atoms with van der Waals surface area (Å²) in [7, 11) is 0. The highest BCUT2D eigenvalue weighted by Crippen LogP contribution is 2.16. The third-order valence-electron chi connectivity index (χ3n) is 14.0. The van der Waals surface area contributed by atoms with Crippen LogP contribution >= 0.6 is 0 Å². The fraction of sp³-hybridized carbons (Fsp3) is 0.623. The second kappa shape index (κ2) is 69.5. The van der Waals surface area contributed by atoms with E-state index in [1.807, 2.05) is 0 Å². The smallest absolute Gasteiger partial charge is 0.306 e. The zero-order chi connectivity index (χ0) is 59.9. The maximum atomic E-state index is 12.9. The van der Waals surface area contributed by atoms with Crippen LogP contribution in [0.1, 0.15) is 290 Å². The number of rotatable bonds is 60. The molecule has 0 radical (unpaired) electrons. The van der Waals surface area contributed by atoms with Gasteiger partial charge in [0.2, 0.25) is 0 Å². The van der Waals surface area contributed by atoms with Crippen LogP contribution in [-0.2, 0) is 28.6 Å². The van der Waals surface area contributed by atoms with Gasteiger partial charge in [-0.05, 0) is 141 Å². The Morgan fingerprint density at radius 3 is 0.687 bits per heavy atom. The summed E-state index contributed by atoms with van der Waals surface area (Å²) in [5.41, 5.74) is 0. The molecule has 0 bridgehead atoms. The minimum atomic E-state index is -0.803. The standard InChI is InChI=1S/C77H124O6/c1-4-7-10-13-16-19-22-25-27-29-30-31-32-33-34-35-36-37-38-39-40-41-42-43-44-45-46-48-49-52-55-58-61-64-67-70-76(79)82-73-74(72-81-75(78)69-66-63-60-57-54-51-24-21-18-15-12-9-6-3)83-77(80)71-68-65-62-59-56-53-50-47-28-26-23-20-17-14-11-8-5-2/h7-12,16-21,25-28,30-31,33-34,36-37,39-40,51,54,74H,4-6,13-15,22-24,29,32,35,38,41-50,52-53,55-73H2,1-3H3/b10-7-,11-8-,12-9-,19-16-,20-17-,21-18-,27-25-,28-26-,31-30-,34-33-,37-36-,40-39-,54-51-. The fourth-order valence-corrected chi connectivity index (χ4v) is 9.04. The van der Waals surface area contributed by atoms with Crippen molar-refractivity contribution in [2.75, 3.05) is 13.2 Å². The molecule has 0 heterocycles. The second-order valence-electron chi connectivity index (χ2n) is 21.9. The molecule has 468 valence electrons. The van der Waals surface area contributed by atoms with Crippen LogP contribution in [0.15, 0.2) is 158 Å². The van der Waals surface area contributed by atoms with Crippen molar-refractivity contribution in [1.29, 1.82) is 0 Å². The second-order valence-corrected chi connectivity index (χ2v) is 21.9. The molecule has 0 amide bonds. The van der Waals surface area contributed by atoms with E-state index in [9.17, 15) is 14.4 Å². The van der Waals surface area contributed by atoms with E-state index in [2.05, 4.69) is 179 Å². The molecule has 0 aromatic rings. The molecule has 1 atom stereocenters. The van der Waals surface area contributed by atoms with Crippen molar-refractivity contribution in [2.24, 2.45) is 0 Å². The van der Waals surface area contributed by atoms with Crippen molar-refractivity contribution in [3.05, 3.63) is 158 Å². The van der Waals surface area contributed by atoms with E-state index < -0.39 is 6.10 Å². The van der Waals surface area contributed by atoms with Gasteiger partial charge in [0.05, 0.1) is 0 Å². The van der Waals surface area contributed by atoms with E-state index in [1.165, 1.54) is 96.3 Å². The van der Waals surface area contributed by atoms with E-state index in [0.717, 1.165) is 154 Å². The molecule has 0 fully saturated rings. The monoisotopic (exact) mass is 1140 g/mol. The summed E-state index contributed by atoms with van der Waals surface area (Å²) in [5, 5.41) is 0. The molecule has 0 N–H and O–H groups in total. The van der Waals surface area contributed by atoms with Crippen molar-refractivity contribution < 1.29 is 28.6 Å². The maximum absolute atomic E-state index is 12.9. The molecule has 0 aromatic heterocycles. The van der Waals surface area contributed by atoms with Gasteiger partial charge >= 0.3 is 17.9 Å². The Morgan fingerprint density at radius 2 is 0.434 bits per heavy atom. The summed E-state index contributed by atoms with van der Waals surface area (Å²) in [6.07, 6.45) is 101. The Balaban J connectivity index is 4.24. The molecular formula is C77H124O6. The Morgan fingerprint density at radius 1 is 0.241 bits per heavy atom. The Bertz CT molecular complexity index is 1840. The first-order valence-corrected chi connectivity index (χ1v) is 34.0. The highest BCUT2D eigenvalue weighted by molar-refractivity contribution is 5.71. The predicted octanol–water partition coefficient (Wildman–Crippen LogP) is 23.7. The lowest BCUT2D eigenvalue weighted by atomic mass is 10.0. The van der Waals surface area contributed by atoms with Crippen LogP contribution in [0.4, 0.5) is 0 Å². The zero-order valence-electron chi connectivity index (χ0n) is 53.7. The quantitative estimate of drug-likeness (QED) is 0.0261. The van der Waals surface area contributed by atoms with Gasteiger partial charge in [0.15, 0.2) is 6.10 Å². The third kappa shape index (κ3) is 67.7. The van der Waals surface area contributed by atoms with Crippen LogP contribution < -0.4 is 0 Å². The highest BCUT2D eigenvalue weighted by atomic mass is 16.6. The maximum Gasteiger partial charge on any atom is 0.306 e. The summed E-state index contributed by atoms with van der Waals surface area (Å²) in [5.74, 6) is -0.937. The summed E-state index contributed by atoms with van der Waals surface area (Å²) >= 11 is 0. The molecule has 0 aromatic carbocycles. The van der Waals surface area contributed by atoms with Crippen molar-refractivity contribution >= 4 is 17.9 Å². The molecule has 0 saturated heterocycles. The normalized spacial score (nSPS) is 13.1. The highest BCUT2D eigenvalue weighted by Gasteiger charge is 2.19. The summed E-state index contributed by atoms with van der Waals surface area (Å²) in [6.45, 7) is 6.27. The summed E-state index contributed by atoms with van der Waals surface area (Å²) in [6, 6.07) is 0. The van der Waals surface area contributed by atoms with Gasteiger partial charge in [0.25, 0.3) is 0 Å². The van der Waals surface area contributed by atoms with Gasteiger partial charge < -0.3 is 14.2 Å². The Labute approximate surface area is 511 Å². The van der Waals surface area contributed by atoms with Gasteiger partial charge in [-0.15, -0.1) is 0 Å². The van der Waals surface area contributed by atoms with Crippen molar-refractivity contribution in [2.45, 2.75) is 297 Å². The van der Waals surface area contributed by atoms with Crippen LogP contribution in [-0.4, -0.2) is 37.2 Å². The molecule has 0 aliphatic carbocycles. The third-order valence-corrected chi connectivity index (χ3v) is 14.0. The van der Waals surface area contributed by atoms with Gasteiger partial charge in [-0.2, -0.15) is 0 Å². The Kier molecular flexibility index (Phi) is 65.4. The molecular weight excluding hydrogens is 1020 g/mol. The summed E-state index contributed by atoms with van der Waals surface area (Å²) < 4.78 is 16.9. The Hall–Kier alpha value is -4.97. The van der Waals surface area contributed by atoms with E-state index in [4.69, 9.17) is 14.2 Å². The first kappa shape index (κ1) is 78.0.